The zero-order chi connectivity index (χ0) is 13.9. The Bertz CT molecular complexity index is 595. The molecule has 0 fully saturated rings. The van der Waals surface area contributed by atoms with Crippen molar-refractivity contribution in [3.8, 4) is 11.5 Å². The maximum absolute atomic E-state index is 5.76. The molecule has 1 aromatic carbocycles. The summed E-state index contributed by atoms with van der Waals surface area (Å²) < 4.78 is 11.2. The van der Waals surface area contributed by atoms with Crippen LogP contribution in [0, 0.1) is 0 Å². The summed E-state index contributed by atoms with van der Waals surface area (Å²) in [5, 5.41) is 11.6. The van der Waals surface area contributed by atoms with Crippen molar-refractivity contribution in [3.63, 3.8) is 0 Å². The van der Waals surface area contributed by atoms with Crippen LogP contribution in [-0.4, -0.2) is 16.7 Å². The Morgan fingerprint density at radius 3 is 2.95 bits per heavy atom. The molecule has 1 unspecified atom stereocenters. The van der Waals surface area contributed by atoms with Crippen molar-refractivity contribution in [1.29, 1.82) is 0 Å². The summed E-state index contributed by atoms with van der Waals surface area (Å²) in [6, 6.07) is 6.23. The van der Waals surface area contributed by atoms with Gasteiger partial charge in [0.2, 0.25) is 11.8 Å². The third-order valence-electron chi connectivity index (χ3n) is 3.48. The Morgan fingerprint density at radius 2 is 2.10 bits per heavy atom. The van der Waals surface area contributed by atoms with E-state index in [4.69, 9.17) is 9.15 Å². The first-order valence-electron chi connectivity index (χ1n) is 7.04. The zero-order valence-electron chi connectivity index (χ0n) is 11.8. The highest BCUT2D eigenvalue weighted by atomic mass is 16.5. The van der Waals surface area contributed by atoms with Crippen LogP contribution < -0.4 is 5.32 Å². The van der Waals surface area contributed by atoms with E-state index in [1.165, 1.54) is 11.1 Å². The minimum absolute atomic E-state index is 0.0777. The third kappa shape index (κ3) is 2.59. The maximum Gasteiger partial charge on any atom is 0.247 e. The van der Waals surface area contributed by atoms with E-state index >= 15 is 0 Å². The normalized spacial score (nSPS) is 15.3. The van der Waals surface area contributed by atoms with Gasteiger partial charge in [0.25, 0.3) is 0 Å². The molecule has 0 amide bonds. The molecule has 5 heteroatoms. The van der Waals surface area contributed by atoms with Gasteiger partial charge in [0, 0.05) is 5.56 Å². The Kier molecular flexibility index (Phi) is 3.80. The van der Waals surface area contributed by atoms with Crippen molar-refractivity contribution in [3.05, 3.63) is 35.2 Å². The molecule has 0 aliphatic carbocycles. The summed E-state index contributed by atoms with van der Waals surface area (Å²) in [5.41, 5.74) is 3.40. The summed E-state index contributed by atoms with van der Waals surface area (Å²) >= 11 is 0. The second kappa shape index (κ2) is 5.73. The fraction of sp³-hybridized carbons (Fsp3) is 0.467. The van der Waals surface area contributed by atoms with E-state index < -0.39 is 0 Å². The second-order valence-electron chi connectivity index (χ2n) is 5.10. The molecular formula is C15H19N3O2. The number of fused-ring (bicyclic) bond motifs is 1. The lowest BCUT2D eigenvalue weighted by Gasteiger charge is -2.07. The van der Waals surface area contributed by atoms with Crippen LogP contribution in [0.5, 0.6) is 0 Å². The van der Waals surface area contributed by atoms with Crippen LogP contribution in [0.2, 0.25) is 0 Å². The molecule has 1 aliphatic heterocycles. The topological polar surface area (TPSA) is 60.2 Å². The van der Waals surface area contributed by atoms with Gasteiger partial charge in [0.05, 0.1) is 19.3 Å². The van der Waals surface area contributed by atoms with E-state index in [-0.39, 0.29) is 6.04 Å². The molecule has 0 radical (unpaired) electrons. The van der Waals surface area contributed by atoms with Gasteiger partial charge in [-0.05, 0) is 43.1 Å². The number of nitrogens with zero attached hydrogens (tertiary/aromatic N) is 2. The van der Waals surface area contributed by atoms with Crippen molar-refractivity contribution in [1.82, 2.24) is 15.5 Å². The van der Waals surface area contributed by atoms with Crippen LogP contribution in [0.3, 0.4) is 0 Å². The Morgan fingerprint density at radius 1 is 1.25 bits per heavy atom. The average Bonchev–Trinajstić information content (AvgIpc) is 3.12. The first kappa shape index (κ1) is 13.3. The zero-order valence-corrected chi connectivity index (χ0v) is 11.8. The van der Waals surface area contributed by atoms with E-state index in [0.29, 0.717) is 25.0 Å². The summed E-state index contributed by atoms with van der Waals surface area (Å²) in [6.45, 7) is 6.46. The summed E-state index contributed by atoms with van der Waals surface area (Å²) in [4.78, 5) is 0. The highest BCUT2D eigenvalue weighted by Crippen LogP contribution is 2.27. The highest BCUT2D eigenvalue weighted by Gasteiger charge is 2.17. The molecule has 2 aromatic rings. The molecule has 106 valence electrons. The van der Waals surface area contributed by atoms with Gasteiger partial charge in [-0.2, -0.15) is 0 Å². The molecule has 20 heavy (non-hydrogen) atoms. The van der Waals surface area contributed by atoms with Crippen molar-refractivity contribution >= 4 is 0 Å². The van der Waals surface area contributed by atoms with Gasteiger partial charge < -0.3 is 14.5 Å². The first-order valence-corrected chi connectivity index (χ1v) is 7.04. The SMILES string of the molecule is CCCNC(C)c1nnc(-c2ccc3c(c2)COC3)o1. The van der Waals surface area contributed by atoms with Crippen LogP contribution in [0.4, 0.5) is 0 Å². The van der Waals surface area contributed by atoms with Crippen LogP contribution >= 0.6 is 0 Å². The smallest absolute Gasteiger partial charge is 0.247 e. The van der Waals surface area contributed by atoms with E-state index in [2.05, 4.69) is 34.6 Å². The maximum atomic E-state index is 5.76. The predicted octanol–water partition coefficient (Wildman–Crippen LogP) is 2.83. The standard InChI is InChI=1S/C15H19N3O2/c1-3-6-16-10(2)14-17-18-15(20-14)11-4-5-12-8-19-9-13(12)7-11/h4-5,7,10,16H,3,6,8-9H2,1-2H3. The number of ether oxygens (including phenoxy) is 1. The highest BCUT2D eigenvalue weighted by molar-refractivity contribution is 5.55. The van der Waals surface area contributed by atoms with E-state index in [1.807, 2.05) is 13.0 Å². The van der Waals surface area contributed by atoms with Gasteiger partial charge in [-0.15, -0.1) is 10.2 Å². The quantitative estimate of drug-likeness (QED) is 0.907. The molecule has 1 atom stereocenters. The van der Waals surface area contributed by atoms with E-state index in [1.54, 1.807) is 0 Å². The number of hydrogen-bond acceptors (Lipinski definition) is 5. The molecule has 3 rings (SSSR count). The van der Waals surface area contributed by atoms with E-state index in [0.717, 1.165) is 18.5 Å². The fourth-order valence-electron chi connectivity index (χ4n) is 2.28. The Hall–Kier alpha value is -1.72. The lowest BCUT2D eigenvalue weighted by atomic mass is 10.1. The number of hydrogen-bond donors (Lipinski definition) is 1. The van der Waals surface area contributed by atoms with E-state index in [9.17, 15) is 0 Å². The monoisotopic (exact) mass is 273 g/mol. The molecule has 1 aliphatic rings. The first-order chi connectivity index (χ1) is 9.78. The van der Waals surface area contributed by atoms with Gasteiger partial charge >= 0.3 is 0 Å². The number of nitrogens with one attached hydrogen (secondary N) is 1. The molecule has 0 saturated heterocycles. The van der Waals surface area contributed by atoms with Crippen molar-refractivity contribution in [2.24, 2.45) is 0 Å². The van der Waals surface area contributed by atoms with Crippen LogP contribution in [0.1, 0.15) is 43.3 Å². The average molecular weight is 273 g/mol. The number of rotatable bonds is 5. The summed E-state index contributed by atoms with van der Waals surface area (Å²) in [7, 11) is 0. The lowest BCUT2D eigenvalue weighted by Crippen LogP contribution is -2.19. The molecule has 0 saturated carbocycles. The van der Waals surface area contributed by atoms with Crippen molar-refractivity contribution in [2.45, 2.75) is 39.5 Å². The Balaban J connectivity index is 1.79. The predicted molar refractivity (Wildman–Crippen MR) is 74.9 cm³/mol. The van der Waals surface area contributed by atoms with Gasteiger partial charge in [0.15, 0.2) is 0 Å². The number of benzene rings is 1. The largest absolute Gasteiger partial charge is 0.419 e. The lowest BCUT2D eigenvalue weighted by molar-refractivity contribution is 0.134. The molecule has 1 aromatic heterocycles. The Labute approximate surface area is 118 Å². The minimum Gasteiger partial charge on any atom is -0.419 e. The molecule has 5 nitrogen and oxygen atoms in total. The third-order valence-corrected chi connectivity index (χ3v) is 3.48. The van der Waals surface area contributed by atoms with Gasteiger partial charge in [-0.3, -0.25) is 0 Å². The van der Waals surface area contributed by atoms with Crippen LogP contribution in [0.25, 0.3) is 11.5 Å². The van der Waals surface area contributed by atoms with Gasteiger partial charge in [-0.25, -0.2) is 0 Å². The van der Waals surface area contributed by atoms with Crippen molar-refractivity contribution < 1.29 is 9.15 Å². The van der Waals surface area contributed by atoms with Crippen LogP contribution in [0.15, 0.2) is 22.6 Å². The molecule has 2 heterocycles. The molecule has 0 spiro atoms. The molecule has 0 bridgehead atoms. The van der Waals surface area contributed by atoms with Crippen LogP contribution in [-0.2, 0) is 18.0 Å². The van der Waals surface area contributed by atoms with Gasteiger partial charge in [-0.1, -0.05) is 13.0 Å². The van der Waals surface area contributed by atoms with Crippen molar-refractivity contribution in [2.75, 3.05) is 6.54 Å². The fourth-order valence-corrected chi connectivity index (χ4v) is 2.28. The second-order valence-corrected chi connectivity index (χ2v) is 5.10. The minimum atomic E-state index is 0.0777. The van der Waals surface area contributed by atoms with Gasteiger partial charge in [0.1, 0.15) is 0 Å². The summed E-state index contributed by atoms with van der Waals surface area (Å²) in [6.07, 6.45) is 1.08. The molecule has 1 N–H and O–H groups in total. The summed E-state index contributed by atoms with van der Waals surface area (Å²) in [5.74, 6) is 1.20. The number of aromatic nitrogens is 2. The molecular weight excluding hydrogens is 254 g/mol.